The molecular weight excluding hydrogens is 210 g/mol. The van der Waals surface area contributed by atoms with Crippen molar-refractivity contribution in [3.8, 4) is 11.8 Å². The van der Waals surface area contributed by atoms with E-state index in [0.717, 1.165) is 12.0 Å². The highest BCUT2D eigenvalue weighted by Gasteiger charge is 2.04. The highest BCUT2D eigenvalue weighted by molar-refractivity contribution is 6.17. The fourth-order valence-electron chi connectivity index (χ4n) is 1.25. The molecule has 0 radical (unpaired) electrons. The molecule has 0 N–H and O–H groups in total. The van der Waals surface area contributed by atoms with Gasteiger partial charge >= 0.3 is 0 Å². The molecule has 1 rings (SSSR count). The van der Waals surface area contributed by atoms with E-state index in [9.17, 15) is 0 Å². The average Bonchev–Trinajstić information content (AvgIpc) is 2.29. The maximum Gasteiger partial charge on any atom is 0.137 e. The number of nitriles is 1. The number of hydrogen-bond donors (Lipinski definition) is 0. The van der Waals surface area contributed by atoms with Crippen molar-refractivity contribution in [3.05, 3.63) is 35.4 Å². The van der Waals surface area contributed by atoms with Gasteiger partial charge in [-0.25, -0.2) is 0 Å². The van der Waals surface area contributed by atoms with Crippen molar-refractivity contribution in [2.45, 2.75) is 6.42 Å². The van der Waals surface area contributed by atoms with E-state index >= 15 is 0 Å². The second kappa shape index (κ2) is 6.10. The first-order valence-corrected chi connectivity index (χ1v) is 5.16. The van der Waals surface area contributed by atoms with Gasteiger partial charge in [-0.2, -0.15) is 5.26 Å². The lowest BCUT2D eigenvalue weighted by molar-refractivity contribution is 0.413. The first-order valence-electron chi connectivity index (χ1n) is 4.63. The van der Waals surface area contributed by atoms with Gasteiger partial charge in [-0.05, 0) is 18.1 Å². The standard InChI is InChI=1S/C12H12ClNO/c1-15-12-7-4-6-10(11(12)9-14)5-2-3-8-13/h2,4-7H,3,8H2,1H3. The number of rotatable bonds is 4. The predicted molar refractivity (Wildman–Crippen MR) is 62.1 cm³/mol. The topological polar surface area (TPSA) is 33.0 Å². The van der Waals surface area contributed by atoms with Gasteiger partial charge in [0, 0.05) is 5.88 Å². The number of alkyl halides is 1. The molecule has 2 nitrogen and oxygen atoms in total. The minimum atomic E-state index is 0.561. The van der Waals surface area contributed by atoms with Gasteiger partial charge in [0.15, 0.2) is 0 Å². The third-order valence-corrected chi connectivity index (χ3v) is 2.18. The van der Waals surface area contributed by atoms with Gasteiger partial charge in [0.1, 0.15) is 17.4 Å². The Bertz CT molecular complexity index is 393. The molecule has 0 amide bonds. The van der Waals surface area contributed by atoms with Crippen LogP contribution in [0.25, 0.3) is 6.08 Å². The van der Waals surface area contributed by atoms with Crippen LogP contribution in [-0.4, -0.2) is 13.0 Å². The lowest BCUT2D eigenvalue weighted by Gasteiger charge is -2.04. The number of methoxy groups -OCH3 is 1. The largest absolute Gasteiger partial charge is 0.495 e. The van der Waals surface area contributed by atoms with Crippen molar-refractivity contribution in [2.75, 3.05) is 13.0 Å². The Balaban J connectivity index is 3.02. The number of nitrogens with zero attached hydrogens (tertiary/aromatic N) is 1. The summed E-state index contributed by atoms with van der Waals surface area (Å²) in [6.45, 7) is 0. The van der Waals surface area contributed by atoms with Gasteiger partial charge < -0.3 is 4.74 Å². The van der Waals surface area contributed by atoms with Crippen molar-refractivity contribution >= 4 is 17.7 Å². The first-order chi connectivity index (χ1) is 7.33. The van der Waals surface area contributed by atoms with Crippen molar-refractivity contribution in [1.29, 1.82) is 5.26 Å². The van der Waals surface area contributed by atoms with Gasteiger partial charge in [-0.1, -0.05) is 24.3 Å². The molecule has 3 heteroatoms. The predicted octanol–water partition coefficient (Wildman–Crippen LogP) is 3.21. The van der Waals surface area contributed by atoms with Gasteiger partial charge in [0.25, 0.3) is 0 Å². The normalized spacial score (nSPS) is 10.2. The van der Waals surface area contributed by atoms with E-state index in [-0.39, 0.29) is 0 Å². The maximum absolute atomic E-state index is 9.00. The number of benzene rings is 1. The zero-order chi connectivity index (χ0) is 11.1. The Labute approximate surface area is 94.7 Å². The third-order valence-electron chi connectivity index (χ3n) is 1.96. The molecule has 0 aliphatic heterocycles. The third kappa shape index (κ3) is 3.00. The first kappa shape index (κ1) is 11.6. The summed E-state index contributed by atoms with van der Waals surface area (Å²) in [7, 11) is 1.56. The van der Waals surface area contributed by atoms with E-state index in [1.54, 1.807) is 13.2 Å². The average molecular weight is 222 g/mol. The van der Waals surface area contributed by atoms with Crippen LogP contribution in [0.15, 0.2) is 24.3 Å². The Kier molecular flexibility index (Phi) is 4.73. The molecular formula is C12H12ClNO. The molecule has 0 saturated carbocycles. The highest BCUT2D eigenvalue weighted by Crippen LogP contribution is 2.22. The number of hydrogen-bond acceptors (Lipinski definition) is 2. The van der Waals surface area contributed by atoms with E-state index in [2.05, 4.69) is 6.07 Å². The summed E-state index contributed by atoms with van der Waals surface area (Å²) in [5, 5.41) is 9.00. The minimum Gasteiger partial charge on any atom is -0.495 e. The molecule has 0 fully saturated rings. The summed E-state index contributed by atoms with van der Waals surface area (Å²) in [6.07, 6.45) is 4.63. The molecule has 0 unspecified atom stereocenters. The van der Waals surface area contributed by atoms with Gasteiger partial charge in [0.2, 0.25) is 0 Å². The number of allylic oxidation sites excluding steroid dienone is 1. The van der Waals surface area contributed by atoms with Crippen LogP contribution in [0, 0.1) is 11.3 Å². The second-order valence-corrected chi connectivity index (χ2v) is 3.29. The van der Waals surface area contributed by atoms with Crippen LogP contribution in [0.1, 0.15) is 17.5 Å². The highest BCUT2D eigenvalue weighted by atomic mass is 35.5. The molecule has 78 valence electrons. The van der Waals surface area contributed by atoms with Gasteiger partial charge in [0.05, 0.1) is 7.11 Å². The molecule has 0 aliphatic rings. The van der Waals surface area contributed by atoms with Crippen LogP contribution in [-0.2, 0) is 0 Å². The molecule has 0 atom stereocenters. The zero-order valence-corrected chi connectivity index (χ0v) is 9.29. The molecule has 0 aliphatic carbocycles. The second-order valence-electron chi connectivity index (χ2n) is 2.92. The molecule has 0 spiro atoms. The summed E-state index contributed by atoms with van der Waals surface area (Å²) < 4.78 is 5.10. The van der Waals surface area contributed by atoms with E-state index in [0.29, 0.717) is 17.2 Å². The molecule has 0 aromatic heterocycles. The Hall–Kier alpha value is -1.46. The fourth-order valence-corrected chi connectivity index (χ4v) is 1.38. The smallest absolute Gasteiger partial charge is 0.137 e. The Morgan fingerprint density at radius 1 is 1.53 bits per heavy atom. The van der Waals surface area contributed by atoms with E-state index in [1.165, 1.54) is 0 Å². The minimum absolute atomic E-state index is 0.561. The quantitative estimate of drug-likeness (QED) is 0.732. The van der Waals surface area contributed by atoms with E-state index < -0.39 is 0 Å². The van der Waals surface area contributed by atoms with Crippen molar-refractivity contribution < 1.29 is 4.74 Å². The van der Waals surface area contributed by atoms with Gasteiger partial charge in [-0.15, -0.1) is 11.6 Å². The number of halogens is 1. The van der Waals surface area contributed by atoms with E-state index in [1.807, 2.05) is 24.3 Å². The Morgan fingerprint density at radius 3 is 2.93 bits per heavy atom. The lowest BCUT2D eigenvalue weighted by Crippen LogP contribution is -1.90. The molecule has 1 aromatic carbocycles. The molecule has 0 heterocycles. The Morgan fingerprint density at radius 2 is 2.33 bits per heavy atom. The zero-order valence-electron chi connectivity index (χ0n) is 8.53. The number of ether oxygens (including phenoxy) is 1. The van der Waals surface area contributed by atoms with Crippen LogP contribution in [0.5, 0.6) is 5.75 Å². The molecule has 1 aromatic rings. The molecule has 15 heavy (non-hydrogen) atoms. The van der Waals surface area contributed by atoms with Crippen LogP contribution < -0.4 is 4.74 Å². The van der Waals surface area contributed by atoms with Gasteiger partial charge in [-0.3, -0.25) is 0 Å². The lowest BCUT2D eigenvalue weighted by atomic mass is 10.1. The van der Waals surface area contributed by atoms with Crippen LogP contribution in [0.4, 0.5) is 0 Å². The monoisotopic (exact) mass is 221 g/mol. The summed E-state index contributed by atoms with van der Waals surface area (Å²) in [5.41, 5.74) is 1.42. The van der Waals surface area contributed by atoms with Crippen molar-refractivity contribution in [2.24, 2.45) is 0 Å². The summed E-state index contributed by atoms with van der Waals surface area (Å²) >= 11 is 5.56. The van der Waals surface area contributed by atoms with Crippen LogP contribution in [0.3, 0.4) is 0 Å². The van der Waals surface area contributed by atoms with Crippen molar-refractivity contribution in [1.82, 2.24) is 0 Å². The fraction of sp³-hybridized carbons (Fsp3) is 0.250. The molecule has 0 bridgehead atoms. The SMILES string of the molecule is COc1cccc(C=CCCCl)c1C#N. The van der Waals surface area contributed by atoms with Crippen LogP contribution >= 0.6 is 11.6 Å². The van der Waals surface area contributed by atoms with Crippen LogP contribution in [0.2, 0.25) is 0 Å². The van der Waals surface area contributed by atoms with E-state index in [4.69, 9.17) is 21.6 Å². The molecule has 0 saturated heterocycles. The summed E-state index contributed by atoms with van der Waals surface area (Å²) in [5.74, 6) is 1.19. The summed E-state index contributed by atoms with van der Waals surface area (Å²) in [6, 6.07) is 7.65. The maximum atomic E-state index is 9.00. The van der Waals surface area contributed by atoms with Crippen molar-refractivity contribution in [3.63, 3.8) is 0 Å². The summed E-state index contributed by atoms with van der Waals surface area (Å²) in [4.78, 5) is 0.